The fraction of sp³-hybridized carbons (Fsp3) is 0.500. The SMILES string of the molecule is CC(C)c1ccc(C(=O)O)cc1S(=O)(=O)N1CCCC(C#N)C1. The van der Waals surface area contributed by atoms with Crippen LogP contribution in [0.3, 0.4) is 0 Å². The highest BCUT2D eigenvalue weighted by Gasteiger charge is 2.32. The molecule has 0 aliphatic carbocycles. The molecule has 0 saturated carbocycles. The van der Waals surface area contributed by atoms with E-state index in [1.54, 1.807) is 6.07 Å². The number of nitriles is 1. The van der Waals surface area contributed by atoms with Crippen molar-refractivity contribution in [1.82, 2.24) is 4.31 Å². The van der Waals surface area contributed by atoms with Crippen molar-refractivity contribution in [2.75, 3.05) is 13.1 Å². The summed E-state index contributed by atoms with van der Waals surface area (Å²) in [6.45, 7) is 4.25. The smallest absolute Gasteiger partial charge is 0.335 e. The van der Waals surface area contributed by atoms with Crippen molar-refractivity contribution in [2.45, 2.75) is 37.5 Å². The van der Waals surface area contributed by atoms with Crippen LogP contribution in [0.2, 0.25) is 0 Å². The lowest BCUT2D eigenvalue weighted by Crippen LogP contribution is -2.40. The molecule has 2 rings (SSSR count). The molecular weight excluding hydrogens is 316 g/mol. The molecule has 7 heteroatoms. The van der Waals surface area contributed by atoms with E-state index >= 15 is 0 Å². The zero-order valence-corrected chi connectivity index (χ0v) is 14.0. The Morgan fingerprint density at radius 3 is 2.70 bits per heavy atom. The van der Waals surface area contributed by atoms with Crippen LogP contribution in [0.4, 0.5) is 0 Å². The number of nitrogens with zero attached hydrogens (tertiary/aromatic N) is 2. The third-order valence-corrected chi connectivity index (χ3v) is 5.99. The fourth-order valence-corrected chi connectivity index (χ4v) is 4.67. The van der Waals surface area contributed by atoms with Gasteiger partial charge < -0.3 is 5.11 Å². The lowest BCUT2D eigenvalue weighted by Gasteiger charge is -2.30. The van der Waals surface area contributed by atoms with Gasteiger partial charge in [-0.15, -0.1) is 0 Å². The third-order valence-electron chi connectivity index (χ3n) is 4.07. The maximum atomic E-state index is 13.0. The molecule has 0 aromatic heterocycles. The van der Waals surface area contributed by atoms with E-state index in [0.29, 0.717) is 24.9 Å². The first-order valence-corrected chi connectivity index (χ1v) is 8.98. The largest absolute Gasteiger partial charge is 0.478 e. The molecule has 0 radical (unpaired) electrons. The van der Waals surface area contributed by atoms with Crippen molar-refractivity contribution in [3.8, 4) is 6.07 Å². The van der Waals surface area contributed by atoms with E-state index in [1.807, 2.05) is 13.8 Å². The van der Waals surface area contributed by atoms with Gasteiger partial charge in [-0.1, -0.05) is 19.9 Å². The molecule has 1 aliphatic rings. The lowest BCUT2D eigenvalue weighted by molar-refractivity contribution is 0.0696. The normalized spacial score (nSPS) is 19.5. The third kappa shape index (κ3) is 3.54. The molecule has 1 N–H and O–H groups in total. The highest BCUT2D eigenvalue weighted by molar-refractivity contribution is 7.89. The first kappa shape index (κ1) is 17.4. The second kappa shape index (κ2) is 6.69. The Labute approximate surface area is 136 Å². The number of piperidine rings is 1. The molecule has 1 heterocycles. The van der Waals surface area contributed by atoms with Crippen LogP contribution in [0.1, 0.15) is 48.5 Å². The summed E-state index contributed by atoms with van der Waals surface area (Å²) in [5, 5.41) is 18.2. The van der Waals surface area contributed by atoms with Crippen molar-refractivity contribution in [2.24, 2.45) is 5.92 Å². The number of benzene rings is 1. The number of hydrogen-bond donors (Lipinski definition) is 1. The van der Waals surface area contributed by atoms with E-state index in [1.165, 1.54) is 16.4 Å². The standard InChI is InChI=1S/C16H20N2O4S/c1-11(2)14-6-5-13(16(19)20)8-15(14)23(21,22)18-7-3-4-12(9-17)10-18/h5-6,8,11-12H,3-4,7,10H2,1-2H3,(H,19,20). The Bertz CT molecular complexity index is 750. The van der Waals surface area contributed by atoms with Crippen molar-refractivity contribution < 1.29 is 18.3 Å². The maximum Gasteiger partial charge on any atom is 0.335 e. The first-order valence-electron chi connectivity index (χ1n) is 7.54. The zero-order valence-electron chi connectivity index (χ0n) is 13.2. The summed E-state index contributed by atoms with van der Waals surface area (Å²) in [6.07, 6.45) is 1.32. The minimum atomic E-state index is -3.82. The van der Waals surface area contributed by atoms with Gasteiger partial charge in [-0.3, -0.25) is 0 Å². The molecule has 1 saturated heterocycles. The fourth-order valence-electron chi connectivity index (χ4n) is 2.77. The summed E-state index contributed by atoms with van der Waals surface area (Å²) < 4.78 is 27.2. The van der Waals surface area contributed by atoms with Crippen LogP contribution in [0.5, 0.6) is 0 Å². The molecule has 1 fully saturated rings. The molecule has 0 spiro atoms. The topological polar surface area (TPSA) is 98.5 Å². The molecule has 1 unspecified atom stereocenters. The second-order valence-corrected chi connectivity index (χ2v) is 7.95. The Balaban J connectivity index is 2.51. The van der Waals surface area contributed by atoms with Gasteiger partial charge in [-0.25, -0.2) is 13.2 Å². The maximum absolute atomic E-state index is 13.0. The molecule has 1 aliphatic heterocycles. The number of sulfonamides is 1. The van der Waals surface area contributed by atoms with Crippen LogP contribution in [0, 0.1) is 17.2 Å². The molecule has 0 bridgehead atoms. The van der Waals surface area contributed by atoms with Crippen molar-refractivity contribution in [3.63, 3.8) is 0 Å². The van der Waals surface area contributed by atoms with Gasteiger partial charge in [-0.2, -0.15) is 9.57 Å². The van der Waals surface area contributed by atoms with Gasteiger partial charge in [0.2, 0.25) is 10.0 Å². The van der Waals surface area contributed by atoms with E-state index in [4.69, 9.17) is 10.4 Å². The van der Waals surface area contributed by atoms with Crippen molar-refractivity contribution in [1.29, 1.82) is 5.26 Å². The van der Waals surface area contributed by atoms with Gasteiger partial charge in [0.25, 0.3) is 0 Å². The monoisotopic (exact) mass is 336 g/mol. The molecule has 1 aromatic carbocycles. The van der Waals surface area contributed by atoms with Gasteiger partial charge in [0, 0.05) is 13.1 Å². The van der Waals surface area contributed by atoms with E-state index in [2.05, 4.69) is 6.07 Å². The zero-order chi connectivity index (χ0) is 17.2. The van der Waals surface area contributed by atoms with Crippen LogP contribution < -0.4 is 0 Å². The van der Waals surface area contributed by atoms with Gasteiger partial charge in [-0.05, 0) is 36.5 Å². The Kier molecular flexibility index (Phi) is 5.07. The Morgan fingerprint density at radius 2 is 2.13 bits per heavy atom. The highest BCUT2D eigenvalue weighted by atomic mass is 32.2. The average Bonchev–Trinajstić information content (AvgIpc) is 2.54. The van der Waals surface area contributed by atoms with Gasteiger partial charge in [0.15, 0.2) is 0 Å². The van der Waals surface area contributed by atoms with E-state index in [0.717, 1.165) is 0 Å². The van der Waals surface area contributed by atoms with Gasteiger partial charge >= 0.3 is 5.97 Å². The highest BCUT2D eigenvalue weighted by Crippen LogP contribution is 2.30. The number of carboxylic acids is 1. The Hall–Kier alpha value is -1.91. The van der Waals surface area contributed by atoms with Gasteiger partial charge in [0.1, 0.15) is 0 Å². The molecular formula is C16H20N2O4S. The van der Waals surface area contributed by atoms with Crippen LogP contribution in [0.25, 0.3) is 0 Å². The molecule has 0 amide bonds. The summed E-state index contributed by atoms with van der Waals surface area (Å²) in [5.74, 6) is -1.53. The molecule has 23 heavy (non-hydrogen) atoms. The Morgan fingerprint density at radius 1 is 1.43 bits per heavy atom. The van der Waals surface area contributed by atoms with Crippen LogP contribution >= 0.6 is 0 Å². The minimum Gasteiger partial charge on any atom is -0.478 e. The summed E-state index contributed by atoms with van der Waals surface area (Å²) >= 11 is 0. The number of rotatable bonds is 4. The summed E-state index contributed by atoms with van der Waals surface area (Å²) in [5.41, 5.74) is 0.538. The number of hydrogen-bond acceptors (Lipinski definition) is 4. The van der Waals surface area contributed by atoms with Crippen molar-refractivity contribution >= 4 is 16.0 Å². The number of aromatic carboxylic acids is 1. The van der Waals surface area contributed by atoms with E-state index in [-0.39, 0.29) is 28.8 Å². The van der Waals surface area contributed by atoms with Crippen LogP contribution in [-0.2, 0) is 10.0 Å². The summed E-state index contributed by atoms with van der Waals surface area (Å²) in [6, 6.07) is 6.33. The predicted octanol–water partition coefficient (Wildman–Crippen LogP) is 2.43. The summed E-state index contributed by atoms with van der Waals surface area (Å²) in [7, 11) is -3.82. The summed E-state index contributed by atoms with van der Waals surface area (Å²) in [4.78, 5) is 11.2. The molecule has 1 aromatic rings. The molecule has 1 atom stereocenters. The first-order chi connectivity index (χ1) is 10.8. The molecule has 124 valence electrons. The number of carbonyl (C=O) groups is 1. The van der Waals surface area contributed by atoms with Gasteiger partial charge in [0.05, 0.1) is 22.4 Å². The number of carboxylic acid groups (broad SMARTS) is 1. The van der Waals surface area contributed by atoms with Crippen LogP contribution in [-0.4, -0.2) is 36.9 Å². The second-order valence-electron chi connectivity index (χ2n) is 6.04. The van der Waals surface area contributed by atoms with E-state index < -0.39 is 16.0 Å². The van der Waals surface area contributed by atoms with Crippen molar-refractivity contribution in [3.05, 3.63) is 29.3 Å². The molecule has 6 nitrogen and oxygen atoms in total. The predicted molar refractivity (Wildman–Crippen MR) is 84.6 cm³/mol. The lowest BCUT2D eigenvalue weighted by atomic mass is 10.0. The van der Waals surface area contributed by atoms with E-state index in [9.17, 15) is 13.2 Å². The average molecular weight is 336 g/mol. The quantitative estimate of drug-likeness (QED) is 0.910. The van der Waals surface area contributed by atoms with Crippen LogP contribution in [0.15, 0.2) is 23.1 Å². The minimum absolute atomic E-state index is 0.0333.